The summed E-state index contributed by atoms with van der Waals surface area (Å²) in [7, 11) is -3.04. The van der Waals surface area contributed by atoms with Gasteiger partial charge in [0.15, 0.2) is 0 Å². The predicted octanol–water partition coefficient (Wildman–Crippen LogP) is 0.597. The van der Waals surface area contributed by atoms with Crippen LogP contribution < -0.4 is 0 Å². The maximum Gasteiger partial charge on any atom is 0.246 e. The number of nitrogens with zero attached hydrogens (tertiary/aromatic N) is 1. The summed E-state index contributed by atoms with van der Waals surface area (Å²) in [6.07, 6.45) is 4.37. The molecule has 1 atom stereocenters. The molecule has 5 heteroatoms. The normalized spacial score (nSPS) is 18.3. The fourth-order valence-corrected chi connectivity index (χ4v) is 2.77. The topological polar surface area (TPSA) is 54.5 Å². The summed E-state index contributed by atoms with van der Waals surface area (Å²) in [4.78, 5) is 13.2. The van der Waals surface area contributed by atoms with Crippen LogP contribution in [0.5, 0.6) is 0 Å². The van der Waals surface area contributed by atoms with Crippen LogP contribution in [-0.2, 0) is 14.6 Å². The molecular weight excluding hydrogens is 214 g/mol. The van der Waals surface area contributed by atoms with Crippen LogP contribution in [0.4, 0.5) is 0 Å². The molecule has 1 aliphatic carbocycles. The van der Waals surface area contributed by atoms with Crippen LogP contribution in [0.2, 0.25) is 0 Å². The first-order valence-electron chi connectivity index (χ1n) is 4.97. The molecule has 0 spiro atoms. The minimum absolute atomic E-state index is 0.0169. The van der Waals surface area contributed by atoms with Crippen molar-refractivity contribution >= 4 is 15.7 Å². The van der Waals surface area contributed by atoms with E-state index in [1.807, 2.05) is 0 Å². The summed E-state index contributed by atoms with van der Waals surface area (Å²) in [6, 6.07) is -0.0507. The van der Waals surface area contributed by atoms with Crippen molar-refractivity contribution in [2.24, 2.45) is 0 Å². The lowest BCUT2D eigenvalue weighted by atomic mass is 10.3. The van der Waals surface area contributed by atoms with Gasteiger partial charge < -0.3 is 4.90 Å². The molecule has 86 valence electrons. The summed E-state index contributed by atoms with van der Waals surface area (Å²) in [5.74, 6) is -0.156. The van der Waals surface area contributed by atoms with Crippen molar-refractivity contribution in [2.45, 2.75) is 31.8 Å². The Hall–Kier alpha value is -0.840. The Labute approximate surface area is 90.9 Å². The number of sulfone groups is 1. The van der Waals surface area contributed by atoms with Crippen LogP contribution in [0.25, 0.3) is 0 Å². The summed E-state index contributed by atoms with van der Waals surface area (Å²) in [5.41, 5.74) is 0. The fraction of sp³-hybridized carbons (Fsp3) is 0.700. The zero-order valence-electron chi connectivity index (χ0n) is 9.14. The van der Waals surface area contributed by atoms with E-state index in [-0.39, 0.29) is 23.7 Å². The van der Waals surface area contributed by atoms with Gasteiger partial charge in [-0.1, -0.05) is 6.58 Å². The molecule has 0 radical (unpaired) electrons. The van der Waals surface area contributed by atoms with E-state index in [0.29, 0.717) is 0 Å². The third-order valence-electron chi connectivity index (χ3n) is 2.39. The van der Waals surface area contributed by atoms with Crippen molar-refractivity contribution < 1.29 is 13.2 Å². The standard InChI is InChI=1S/C10H17NO3S/c1-4-10(12)11(9-5-6-9)8(2)7-15(3,13)14/h4,8-9H,1,5-7H2,2-3H3/t8-/m1/s1. The summed E-state index contributed by atoms with van der Waals surface area (Å²) >= 11 is 0. The van der Waals surface area contributed by atoms with Crippen LogP contribution in [0.15, 0.2) is 12.7 Å². The SMILES string of the molecule is C=CC(=O)N(C1CC1)[C@H](C)CS(C)(=O)=O. The maximum absolute atomic E-state index is 11.5. The van der Waals surface area contributed by atoms with E-state index in [9.17, 15) is 13.2 Å². The molecule has 0 N–H and O–H groups in total. The summed E-state index contributed by atoms with van der Waals surface area (Å²) in [6.45, 7) is 5.19. The van der Waals surface area contributed by atoms with Gasteiger partial charge in [0.1, 0.15) is 9.84 Å². The Morgan fingerprint density at radius 2 is 2.13 bits per heavy atom. The minimum atomic E-state index is -3.04. The molecule has 0 heterocycles. The highest BCUT2D eigenvalue weighted by Gasteiger charge is 2.35. The van der Waals surface area contributed by atoms with Gasteiger partial charge in [-0.05, 0) is 25.8 Å². The molecule has 4 nitrogen and oxygen atoms in total. The summed E-state index contributed by atoms with van der Waals surface area (Å²) in [5, 5.41) is 0. The molecular formula is C10H17NO3S. The first-order valence-corrected chi connectivity index (χ1v) is 7.03. The lowest BCUT2D eigenvalue weighted by molar-refractivity contribution is -0.128. The van der Waals surface area contributed by atoms with Crippen molar-refractivity contribution in [3.05, 3.63) is 12.7 Å². The van der Waals surface area contributed by atoms with E-state index in [1.54, 1.807) is 11.8 Å². The Morgan fingerprint density at radius 3 is 2.47 bits per heavy atom. The Bertz CT molecular complexity index is 357. The van der Waals surface area contributed by atoms with Crippen molar-refractivity contribution in [1.82, 2.24) is 4.90 Å². The maximum atomic E-state index is 11.5. The van der Waals surface area contributed by atoms with E-state index < -0.39 is 9.84 Å². The zero-order chi connectivity index (χ0) is 11.6. The van der Waals surface area contributed by atoms with Gasteiger partial charge in [0.2, 0.25) is 5.91 Å². The Balaban J connectivity index is 2.71. The average molecular weight is 231 g/mol. The molecule has 0 bridgehead atoms. The van der Waals surface area contributed by atoms with Crippen LogP contribution >= 0.6 is 0 Å². The third kappa shape index (κ3) is 3.66. The number of hydrogen-bond acceptors (Lipinski definition) is 3. The lowest BCUT2D eigenvalue weighted by Crippen LogP contribution is -2.42. The van der Waals surface area contributed by atoms with Gasteiger partial charge in [0.25, 0.3) is 0 Å². The van der Waals surface area contributed by atoms with E-state index in [4.69, 9.17) is 0 Å². The van der Waals surface area contributed by atoms with Gasteiger partial charge in [0.05, 0.1) is 5.75 Å². The second-order valence-corrected chi connectivity index (χ2v) is 6.31. The van der Waals surface area contributed by atoms with Crippen molar-refractivity contribution in [2.75, 3.05) is 12.0 Å². The van der Waals surface area contributed by atoms with E-state index in [1.165, 1.54) is 12.3 Å². The first-order chi connectivity index (χ1) is 6.85. The lowest BCUT2D eigenvalue weighted by Gasteiger charge is -2.27. The molecule has 1 aliphatic rings. The van der Waals surface area contributed by atoms with Crippen LogP contribution in [-0.4, -0.2) is 43.3 Å². The van der Waals surface area contributed by atoms with Crippen molar-refractivity contribution in [3.8, 4) is 0 Å². The van der Waals surface area contributed by atoms with Crippen LogP contribution in [0.3, 0.4) is 0 Å². The molecule has 0 aromatic heterocycles. The number of rotatable bonds is 5. The predicted molar refractivity (Wildman–Crippen MR) is 59.2 cm³/mol. The Kier molecular flexibility index (Phi) is 3.54. The monoisotopic (exact) mass is 231 g/mol. The Morgan fingerprint density at radius 1 is 1.60 bits per heavy atom. The largest absolute Gasteiger partial charge is 0.332 e. The molecule has 0 aromatic rings. The highest BCUT2D eigenvalue weighted by molar-refractivity contribution is 7.90. The number of carbonyl (C=O) groups is 1. The van der Waals surface area contributed by atoms with Gasteiger partial charge in [-0.2, -0.15) is 0 Å². The molecule has 1 saturated carbocycles. The third-order valence-corrected chi connectivity index (χ3v) is 3.48. The first kappa shape index (κ1) is 12.2. The molecule has 1 amide bonds. The quantitative estimate of drug-likeness (QED) is 0.651. The second kappa shape index (κ2) is 4.35. The number of carbonyl (C=O) groups excluding carboxylic acids is 1. The molecule has 15 heavy (non-hydrogen) atoms. The fourth-order valence-electron chi connectivity index (χ4n) is 1.73. The zero-order valence-corrected chi connectivity index (χ0v) is 9.96. The van der Waals surface area contributed by atoms with Gasteiger partial charge in [-0.3, -0.25) is 4.79 Å². The summed E-state index contributed by atoms with van der Waals surface area (Å²) < 4.78 is 22.3. The minimum Gasteiger partial charge on any atom is -0.332 e. The van der Waals surface area contributed by atoms with Crippen LogP contribution in [0, 0.1) is 0 Å². The highest BCUT2D eigenvalue weighted by Crippen LogP contribution is 2.29. The van der Waals surface area contributed by atoms with E-state index in [0.717, 1.165) is 12.8 Å². The van der Waals surface area contributed by atoms with Gasteiger partial charge in [-0.25, -0.2) is 8.42 Å². The highest BCUT2D eigenvalue weighted by atomic mass is 32.2. The van der Waals surface area contributed by atoms with Gasteiger partial charge in [0, 0.05) is 18.3 Å². The van der Waals surface area contributed by atoms with Crippen molar-refractivity contribution in [3.63, 3.8) is 0 Å². The van der Waals surface area contributed by atoms with Gasteiger partial charge in [-0.15, -0.1) is 0 Å². The molecule has 0 unspecified atom stereocenters. The number of hydrogen-bond donors (Lipinski definition) is 0. The van der Waals surface area contributed by atoms with Crippen LogP contribution in [0.1, 0.15) is 19.8 Å². The average Bonchev–Trinajstić information content (AvgIpc) is 2.85. The smallest absolute Gasteiger partial charge is 0.246 e. The van der Waals surface area contributed by atoms with Crippen molar-refractivity contribution in [1.29, 1.82) is 0 Å². The van der Waals surface area contributed by atoms with Gasteiger partial charge >= 0.3 is 0 Å². The molecule has 1 rings (SSSR count). The van der Waals surface area contributed by atoms with E-state index >= 15 is 0 Å². The van der Waals surface area contributed by atoms with E-state index in [2.05, 4.69) is 6.58 Å². The number of amides is 1. The molecule has 0 aromatic carbocycles. The second-order valence-electron chi connectivity index (χ2n) is 4.12. The molecule has 1 fully saturated rings. The molecule has 0 saturated heterocycles. The molecule has 0 aliphatic heterocycles.